The Balaban J connectivity index is 1.91. The highest BCUT2D eigenvalue weighted by Gasteiger charge is 2.29. The first-order valence-corrected chi connectivity index (χ1v) is 7.33. The van der Waals surface area contributed by atoms with Gasteiger partial charge >= 0.3 is 0 Å². The molecule has 5 nitrogen and oxygen atoms in total. The average molecular weight is 274 g/mol. The number of fused-ring (bicyclic) bond motifs is 1. The molecule has 1 atom stereocenters. The minimum Gasteiger partial charge on any atom is -0.399 e. The number of carbonyl (C=O) groups is 1. The summed E-state index contributed by atoms with van der Waals surface area (Å²) in [5, 5.41) is 0. The molecule has 4 N–H and O–H groups in total. The lowest BCUT2D eigenvalue weighted by Crippen LogP contribution is -2.37. The van der Waals surface area contributed by atoms with Gasteiger partial charge in [-0.15, -0.1) is 0 Å². The van der Waals surface area contributed by atoms with Gasteiger partial charge in [0.1, 0.15) is 0 Å². The summed E-state index contributed by atoms with van der Waals surface area (Å²) in [6, 6.07) is 5.96. The van der Waals surface area contributed by atoms with E-state index in [0.29, 0.717) is 17.3 Å². The number of nitrogens with zero attached hydrogens (tertiary/aromatic N) is 2. The minimum absolute atomic E-state index is 0.382. The largest absolute Gasteiger partial charge is 0.399 e. The van der Waals surface area contributed by atoms with Crippen LogP contribution in [0, 0.1) is 0 Å². The van der Waals surface area contributed by atoms with Gasteiger partial charge in [-0.25, -0.2) is 0 Å². The quantitative estimate of drug-likeness (QED) is 0.790. The fourth-order valence-electron chi connectivity index (χ4n) is 3.44. The van der Waals surface area contributed by atoms with Crippen LogP contribution in [0.4, 0.5) is 11.4 Å². The third-order valence-electron chi connectivity index (χ3n) is 4.43. The molecule has 5 heteroatoms. The van der Waals surface area contributed by atoms with Crippen molar-refractivity contribution in [2.75, 3.05) is 36.8 Å². The average Bonchev–Trinajstić information content (AvgIpc) is 2.75. The molecule has 0 bridgehead atoms. The van der Waals surface area contributed by atoms with E-state index in [0.717, 1.165) is 31.7 Å². The maximum atomic E-state index is 11.6. The van der Waals surface area contributed by atoms with E-state index in [2.05, 4.69) is 9.80 Å². The molecule has 0 spiro atoms. The molecule has 108 valence electrons. The third kappa shape index (κ3) is 2.45. The Labute approximate surface area is 119 Å². The van der Waals surface area contributed by atoms with Crippen LogP contribution in [0.1, 0.15) is 29.6 Å². The van der Waals surface area contributed by atoms with Gasteiger partial charge in [-0.1, -0.05) is 0 Å². The van der Waals surface area contributed by atoms with Crippen LogP contribution < -0.4 is 16.4 Å². The lowest BCUT2D eigenvalue weighted by Gasteiger charge is -2.28. The van der Waals surface area contributed by atoms with E-state index in [1.54, 1.807) is 12.1 Å². The van der Waals surface area contributed by atoms with Crippen molar-refractivity contribution in [3.8, 4) is 0 Å². The Morgan fingerprint density at radius 2 is 2.00 bits per heavy atom. The number of nitrogens with two attached hydrogens (primary N) is 2. The standard InChI is InChI=1S/C15H22N4O/c16-11-4-5-13(15(17)20)14(9-11)19-8-2-7-18-6-1-3-12(18)10-19/h4-5,9,12H,1-3,6-8,10,16H2,(H2,17,20). The van der Waals surface area contributed by atoms with Gasteiger partial charge in [0.2, 0.25) is 0 Å². The highest BCUT2D eigenvalue weighted by molar-refractivity contribution is 5.99. The van der Waals surface area contributed by atoms with E-state index < -0.39 is 0 Å². The van der Waals surface area contributed by atoms with E-state index in [1.807, 2.05) is 6.07 Å². The smallest absolute Gasteiger partial charge is 0.250 e. The second-order valence-electron chi connectivity index (χ2n) is 5.77. The van der Waals surface area contributed by atoms with Gasteiger partial charge in [-0.05, 0) is 44.0 Å². The van der Waals surface area contributed by atoms with Crippen molar-refractivity contribution in [1.29, 1.82) is 0 Å². The summed E-state index contributed by atoms with van der Waals surface area (Å²) >= 11 is 0. The van der Waals surface area contributed by atoms with Gasteiger partial charge < -0.3 is 16.4 Å². The predicted molar refractivity (Wildman–Crippen MR) is 80.8 cm³/mol. The monoisotopic (exact) mass is 274 g/mol. The molecular weight excluding hydrogens is 252 g/mol. The van der Waals surface area contributed by atoms with Crippen molar-refractivity contribution >= 4 is 17.3 Å². The van der Waals surface area contributed by atoms with Crippen LogP contribution in [0.2, 0.25) is 0 Å². The molecule has 0 aromatic heterocycles. The zero-order chi connectivity index (χ0) is 14.1. The zero-order valence-corrected chi connectivity index (χ0v) is 11.7. The molecule has 1 unspecified atom stereocenters. The van der Waals surface area contributed by atoms with Crippen LogP contribution in [0.15, 0.2) is 18.2 Å². The summed E-state index contributed by atoms with van der Waals surface area (Å²) in [5.41, 5.74) is 13.5. The summed E-state index contributed by atoms with van der Waals surface area (Å²) in [4.78, 5) is 16.5. The first-order valence-electron chi connectivity index (χ1n) is 7.33. The molecule has 0 radical (unpaired) electrons. The molecule has 1 aromatic carbocycles. The number of hydrogen-bond donors (Lipinski definition) is 2. The maximum Gasteiger partial charge on any atom is 0.250 e. The highest BCUT2D eigenvalue weighted by Crippen LogP contribution is 2.28. The van der Waals surface area contributed by atoms with Gasteiger partial charge in [-0.2, -0.15) is 0 Å². The normalized spacial score (nSPS) is 23.4. The number of amides is 1. The molecule has 1 amide bonds. The molecule has 2 aliphatic heterocycles. The van der Waals surface area contributed by atoms with Crippen molar-refractivity contribution in [3.63, 3.8) is 0 Å². The lowest BCUT2D eigenvalue weighted by atomic mass is 10.1. The summed E-state index contributed by atoms with van der Waals surface area (Å²) in [5.74, 6) is -0.382. The topological polar surface area (TPSA) is 75.6 Å². The van der Waals surface area contributed by atoms with Gasteiger partial charge in [0.25, 0.3) is 5.91 Å². The highest BCUT2D eigenvalue weighted by atomic mass is 16.1. The Morgan fingerprint density at radius 1 is 1.20 bits per heavy atom. The Morgan fingerprint density at radius 3 is 2.80 bits per heavy atom. The summed E-state index contributed by atoms with van der Waals surface area (Å²) < 4.78 is 0. The molecule has 0 saturated carbocycles. The molecule has 3 rings (SSSR count). The van der Waals surface area contributed by atoms with Gasteiger partial charge in [0.05, 0.1) is 11.3 Å². The molecule has 2 fully saturated rings. The SMILES string of the molecule is NC(=O)c1ccc(N)cc1N1CCCN2CCCC2C1. The van der Waals surface area contributed by atoms with E-state index in [9.17, 15) is 4.79 Å². The molecule has 2 saturated heterocycles. The lowest BCUT2D eigenvalue weighted by molar-refractivity contribution is 0.100. The predicted octanol–water partition coefficient (Wildman–Crippen LogP) is 1.04. The van der Waals surface area contributed by atoms with Crippen molar-refractivity contribution in [1.82, 2.24) is 4.90 Å². The summed E-state index contributed by atoms with van der Waals surface area (Å²) in [6.45, 7) is 4.27. The van der Waals surface area contributed by atoms with E-state index in [4.69, 9.17) is 11.5 Å². The number of carbonyl (C=O) groups excluding carboxylic acids is 1. The first-order chi connectivity index (χ1) is 9.65. The Bertz CT molecular complexity index is 517. The first kappa shape index (κ1) is 13.2. The van der Waals surface area contributed by atoms with Crippen molar-refractivity contribution in [3.05, 3.63) is 23.8 Å². The number of hydrogen-bond acceptors (Lipinski definition) is 4. The number of primary amides is 1. The minimum atomic E-state index is -0.382. The second kappa shape index (κ2) is 5.32. The number of nitrogen functional groups attached to an aromatic ring is 1. The van der Waals surface area contributed by atoms with Crippen LogP contribution in [0.5, 0.6) is 0 Å². The van der Waals surface area contributed by atoms with Gasteiger partial charge in [0, 0.05) is 31.4 Å². The van der Waals surface area contributed by atoms with Gasteiger partial charge in [0.15, 0.2) is 0 Å². The molecule has 20 heavy (non-hydrogen) atoms. The summed E-state index contributed by atoms with van der Waals surface area (Å²) in [6.07, 6.45) is 3.63. The molecule has 1 aromatic rings. The Kier molecular flexibility index (Phi) is 3.53. The molecule has 0 aliphatic carbocycles. The molecular formula is C15H22N4O. The fourth-order valence-corrected chi connectivity index (χ4v) is 3.44. The van der Waals surface area contributed by atoms with Crippen LogP contribution in [-0.2, 0) is 0 Å². The van der Waals surface area contributed by atoms with Crippen molar-refractivity contribution in [2.45, 2.75) is 25.3 Å². The van der Waals surface area contributed by atoms with E-state index >= 15 is 0 Å². The molecule has 2 heterocycles. The fraction of sp³-hybridized carbons (Fsp3) is 0.533. The van der Waals surface area contributed by atoms with E-state index in [1.165, 1.54) is 19.4 Å². The van der Waals surface area contributed by atoms with Crippen LogP contribution in [0.3, 0.4) is 0 Å². The Hall–Kier alpha value is -1.75. The number of benzene rings is 1. The van der Waals surface area contributed by atoms with E-state index in [-0.39, 0.29) is 5.91 Å². The zero-order valence-electron chi connectivity index (χ0n) is 11.7. The van der Waals surface area contributed by atoms with Crippen LogP contribution in [-0.4, -0.2) is 43.0 Å². The number of anilines is 2. The van der Waals surface area contributed by atoms with Gasteiger partial charge in [-0.3, -0.25) is 9.69 Å². The maximum absolute atomic E-state index is 11.6. The van der Waals surface area contributed by atoms with Crippen molar-refractivity contribution in [2.24, 2.45) is 5.73 Å². The van der Waals surface area contributed by atoms with Crippen LogP contribution >= 0.6 is 0 Å². The second-order valence-corrected chi connectivity index (χ2v) is 5.77. The van der Waals surface area contributed by atoms with Crippen LogP contribution in [0.25, 0.3) is 0 Å². The number of rotatable bonds is 2. The van der Waals surface area contributed by atoms with Crippen molar-refractivity contribution < 1.29 is 4.79 Å². The third-order valence-corrected chi connectivity index (χ3v) is 4.43. The summed E-state index contributed by atoms with van der Waals surface area (Å²) in [7, 11) is 0. The molecule has 2 aliphatic rings.